The van der Waals surface area contributed by atoms with Crippen molar-refractivity contribution >= 4 is 0 Å². The lowest BCUT2D eigenvalue weighted by molar-refractivity contribution is 0.273. The van der Waals surface area contributed by atoms with E-state index in [9.17, 15) is 0 Å². The van der Waals surface area contributed by atoms with Crippen LogP contribution in [0.2, 0.25) is 0 Å². The first-order chi connectivity index (χ1) is 10.1. The van der Waals surface area contributed by atoms with Crippen molar-refractivity contribution in [3.8, 4) is 5.75 Å². The smallest absolute Gasteiger partial charge is 0.115 e. The van der Waals surface area contributed by atoms with Crippen molar-refractivity contribution in [1.29, 1.82) is 0 Å². The Morgan fingerprint density at radius 3 is 1.57 bits per heavy atom. The van der Waals surface area contributed by atoms with Crippen LogP contribution in [-0.2, 0) is 0 Å². The number of aliphatic hydroxyl groups excluding tert-OH is 2. The van der Waals surface area contributed by atoms with Crippen LogP contribution in [0.4, 0.5) is 0 Å². The van der Waals surface area contributed by atoms with Gasteiger partial charge in [0.1, 0.15) is 5.75 Å². The summed E-state index contributed by atoms with van der Waals surface area (Å²) in [4.78, 5) is 0. The highest BCUT2D eigenvalue weighted by atomic mass is 16.3. The summed E-state index contributed by atoms with van der Waals surface area (Å²) >= 11 is 0. The molecule has 21 heavy (non-hydrogen) atoms. The normalized spacial score (nSPS) is 13.0. The van der Waals surface area contributed by atoms with E-state index in [2.05, 4.69) is 0 Å². The average molecular weight is 288 g/mol. The van der Waals surface area contributed by atoms with E-state index in [1.165, 1.54) is 5.56 Å². The minimum absolute atomic E-state index is 0.144. The minimum Gasteiger partial charge on any atom is -0.508 e. The first kappa shape index (κ1) is 17.2. The maximum absolute atomic E-state index is 8.95. The molecule has 2 aromatic rings. The largest absolute Gasteiger partial charge is 0.508 e. The van der Waals surface area contributed by atoms with E-state index >= 15 is 0 Å². The molecule has 0 aromatic heterocycles. The second-order valence-electron chi connectivity index (χ2n) is 5.17. The Hall–Kier alpha value is -1.84. The van der Waals surface area contributed by atoms with Gasteiger partial charge in [0.15, 0.2) is 0 Å². The fourth-order valence-electron chi connectivity index (χ4n) is 1.80. The van der Waals surface area contributed by atoms with E-state index in [4.69, 9.17) is 15.3 Å². The van der Waals surface area contributed by atoms with Crippen molar-refractivity contribution in [2.75, 3.05) is 13.2 Å². The molecule has 0 saturated heterocycles. The van der Waals surface area contributed by atoms with Crippen LogP contribution in [0.3, 0.4) is 0 Å². The summed E-state index contributed by atoms with van der Waals surface area (Å²) in [6.07, 6.45) is 0. The molecule has 0 aliphatic rings. The molecule has 0 fully saturated rings. The predicted octanol–water partition coefficient (Wildman–Crippen LogP) is 3.27. The van der Waals surface area contributed by atoms with Crippen LogP contribution in [0.25, 0.3) is 0 Å². The molecule has 3 heteroatoms. The molecule has 0 aliphatic carbocycles. The van der Waals surface area contributed by atoms with Crippen molar-refractivity contribution in [3.63, 3.8) is 0 Å². The summed E-state index contributed by atoms with van der Waals surface area (Å²) in [6, 6.07) is 16.9. The maximum atomic E-state index is 8.95. The SMILES string of the molecule is CC(CO)c1ccc(O)cc1.CC(CO)c1ccccc1. The molecule has 2 aromatic carbocycles. The third-order valence-corrected chi connectivity index (χ3v) is 3.38. The maximum Gasteiger partial charge on any atom is 0.115 e. The molecule has 2 atom stereocenters. The van der Waals surface area contributed by atoms with Crippen LogP contribution in [0, 0.1) is 0 Å². The van der Waals surface area contributed by atoms with Crippen LogP contribution in [0.5, 0.6) is 5.75 Å². The van der Waals surface area contributed by atoms with Gasteiger partial charge in [-0.15, -0.1) is 0 Å². The predicted molar refractivity (Wildman–Crippen MR) is 85.6 cm³/mol. The van der Waals surface area contributed by atoms with Gasteiger partial charge in [-0.3, -0.25) is 0 Å². The number of hydrogen-bond donors (Lipinski definition) is 3. The third-order valence-electron chi connectivity index (χ3n) is 3.38. The number of aromatic hydroxyl groups is 1. The average Bonchev–Trinajstić information content (AvgIpc) is 2.55. The third kappa shape index (κ3) is 5.98. The zero-order valence-electron chi connectivity index (χ0n) is 12.6. The summed E-state index contributed by atoms with van der Waals surface area (Å²) in [5, 5.41) is 26.5. The molecule has 0 heterocycles. The van der Waals surface area contributed by atoms with Crippen LogP contribution < -0.4 is 0 Å². The van der Waals surface area contributed by atoms with Crippen molar-refractivity contribution in [2.45, 2.75) is 25.7 Å². The van der Waals surface area contributed by atoms with E-state index < -0.39 is 0 Å². The summed E-state index contributed by atoms with van der Waals surface area (Å²) in [5.74, 6) is 0.677. The van der Waals surface area contributed by atoms with E-state index in [1.807, 2.05) is 56.3 Å². The Morgan fingerprint density at radius 2 is 1.14 bits per heavy atom. The van der Waals surface area contributed by atoms with Crippen LogP contribution >= 0.6 is 0 Å². The van der Waals surface area contributed by atoms with Gasteiger partial charge in [0.2, 0.25) is 0 Å². The summed E-state index contributed by atoms with van der Waals surface area (Å²) in [5.41, 5.74) is 2.25. The van der Waals surface area contributed by atoms with Crippen molar-refractivity contribution in [1.82, 2.24) is 0 Å². The van der Waals surface area contributed by atoms with Gasteiger partial charge in [0, 0.05) is 25.0 Å². The summed E-state index contributed by atoms with van der Waals surface area (Å²) in [7, 11) is 0. The first-order valence-electron chi connectivity index (χ1n) is 7.14. The second-order valence-corrected chi connectivity index (χ2v) is 5.17. The fraction of sp³-hybridized carbons (Fsp3) is 0.333. The minimum atomic E-state index is 0.144. The Morgan fingerprint density at radius 1 is 0.714 bits per heavy atom. The van der Waals surface area contributed by atoms with E-state index in [1.54, 1.807) is 12.1 Å². The van der Waals surface area contributed by atoms with Crippen LogP contribution in [0.15, 0.2) is 54.6 Å². The van der Waals surface area contributed by atoms with Gasteiger partial charge in [-0.1, -0.05) is 56.3 Å². The highest BCUT2D eigenvalue weighted by Gasteiger charge is 2.02. The zero-order valence-corrected chi connectivity index (χ0v) is 12.6. The monoisotopic (exact) mass is 288 g/mol. The first-order valence-corrected chi connectivity index (χ1v) is 7.14. The van der Waals surface area contributed by atoms with Gasteiger partial charge >= 0.3 is 0 Å². The number of phenolic OH excluding ortho intramolecular Hbond substituents is 1. The Balaban J connectivity index is 0.000000211. The van der Waals surface area contributed by atoms with Gasteiger partial charge in [0.05, 0.1) is 0 Å². The molecule has 0 spiro atoms. The van der Waals surface area contributed by atoms with E-state index in [0.717, 1.165) is 5.56 Å². The standard InChI is InChI=1S/C9H12O2.C9H12O/c1-7(6-10)8-2-4-9(11)5-3-8;1-8(7-10)9-5-3-2-4-6-9/h2-5,7,10-11H,6H2,1H3;2-6,8,10H,7H2,1H3. The topological polar surface area (TPSA) is 60.7 Å². The number of rotatable bonds is 4. The Kier molecular flexibility index (Phi) is 7.51. The lowest BCUT2D eigenvalue weighted by atomic mass is 10.0. The molecular weight excluding hydrogens is 264 g/mol. The highest BCUT2D eigenvalue weighted by molar-refractivity contribution is 5.27. The lowest BCUT2D eigenvalue weighted by Gasteiger charge is -2.06. The highest BCUT2D eigenvalue weighted by Crippen LogP contribution is 2.17. The molecule has 2 unspecified atom stereocenters. The molecule has 2 rings (SSSR count). The lowest BCUT2D eigenvalue weighted by Crippen LogP contribution is -1.97. The Labute approximate surface area is 126 Å². The molecule has 0 radical (unpaired) electrons. The molecule has 3 nitrogen and oxygen atoms in total. The fourth-order valence-corrected chi connectivity index (χ4v) is 1.80. The van der Waals surface area contributed by atoms with Crippen molar-refractivity contribution in [2.24, 2.45) is 0 Å². The Bertz CT molecular complexity index is 494. The molecule has 0 aliphatic heterocycles. The van der Waals surface area contributed by atoms with Crippen LogP contribution in [0.1, 0.15) is 36.8 Å². The molecule has 3 N–H and O–H groups in total. The molecule has 0 bridgehead atoms. The number of phenols is 1. The number of aliphatic hydroxyl groups is 2. The van der Waals surface area contributed by atoms with Gasteiger partial charge < -0.3 is 15.3 Å². The molecule has 0 amide bonds. The number of benzene rings is 2. The summed E-state index contributed by atoms with van der Waals surface area (Å²) < 4.78 is 0. The van der Waals surface area contributed by atoms with E-state index in [-0.39, 0.29) is 30.8 Å². The van der Waals surface area contributed by atoms with Gasteiger partial charge in [-0.2, -0.15) is 0 Å². The molecule has 0 saturated carbocycles. The van der Waals surface area contributed by atoms with Crippen molar-refractivity contribution < 1.29 is 15.3 Å². The second kappa shape index (κ2) is 9.16. The van der Waals surface area contributed by atoms with Gasteiger partial charge in [-0.25, -0.2) is 0 Å². The van der Waals surface area contributed by atoms with E-state index in [0.29, 0.717) is 0 Å². The number of hydrogen-bond acceptors (Lipinski definition) is 3. The van der Waals surface area contributed by atoms with Gasteiger partial charge in [-0.05, 0) is 23.3 Å². The van der Waals surface area contributed by atoms with Crippen LogP contribution in [-0.4, -0.2) is 28.5 Å². The zero-order chi connectivity index (χ0) is 15.7. The van der Waals surface area contributed by atoms with Gasteiger partial charge in [0.25, 0.3) is 0 Å². The molecule has 114 valence electrons. The molecular formula is C18H24O3. The quantitative estimate of drug-likeness (QED) is 0.809. The summed E-state index contributed by atoms with van der Waals surface area (Å²) in [6.45, 7) is 4.32. The van der Waals surface area contributed by atoms with Crippen molar-refractivity contribution in [3.05, 3.63) is 65.7 Å².